The van der Waals surface area contributed by atoms with E-state index in [1.807, 2.05) is 19.1 Å². The Kier molecular flexibility index (Phi) is 9.09. The molecule has 0 aliphatic rings. The number of hydrogen-bond donors (Lipinski definition) is 2. The lowest BCUT2D eigenvalue weighted by Crippen LogP contribution is -2.23. The Bertz CT molecular complexity index is 1220. The molecule has 0 amide bonds. The highest BCUT2D eigenvalue weighted by Gasteiger charge is 2.15. The third kappa shape index (κ3) is 6.82. The number of benzene rings is 1. The van der Waals surface area contributed by atoms with Gasteiger partial charge in [0, 0.05) is 30.5 Å². The van der Waals surface area contributed by atoms with Crippen molar-refractivity contribution in [2.45, 2.75) is 52.5 Å². The van der Waals surface area contributed by atoms with Crippen molar-refractivity contribution in [1.29, 1.82) is 0 Å². The quantitative estimate of drug-likeness (QED) is 0.281. The summed E-state index contributed by atoms with van der Waals surface area (Å²) in [7, 11) is 0. The summed E-state index contributed by atoms with van der Waals surface area (Å²) < 4.78 is 1.59. The number of aliphatic hydroxyl groups excluding tert-OH is 1. The van der Waals surface area contributed by atoms with Gasteiger partial charge in [0.2, 0.25) is 0 Å². The topological polar surface area (TPSA) is 114 Å². The molecule has 0 fully saturated rings. The lowest BCUT2D eigenvalue weighted by Gasteiger charge is -2.11. The summed E-state index contributed by atoms with van der Waals surface area (Å²) >= 11 is 7.44. The Morgan fingerprint density at radius 3 is 2.71 bits per heavy atom. The molecule has 2 aromatic heterocycles. The van der Waals surface area contributed by atoms with Crippen molar-refractivity contribution < 1.29 is 14.7 Å². The minimum atomic E-state index is -0.424. The van der Waals surface area contributed by atoms with Crippen LogP contribution in [0.2, 0.25) is 5.02 Å². The average molecular weight is 503 g/mol. The molecule has 0 atom stereocenters. The summed E-state index contributed by atoms with van der Waals surface area (Å²) in [5.74, 6) is 0.671. The van der Waals surface area contributed by atoms with Gasteiger partial charge in [-0.2, -0.15) is 0 Å². The summed E-state index contributed by atoms with van der Waals surface area (Å²) in [6.45, 7) is 3.75. The molecule has 0 aliphatic carbocycles. The van der Waals surface area contributed by atoms with E-state index in [0.29, 0.717) is 46.1 Å². The number of carbonyl (C=O) groups excluding carboxylic acids is 2. The Labute approximate surface area is 206 Å². The van der Waals surface area contributed by atoms with Crippen LogP contribution in [0.4, 0.5) is 10.9 Å². The summed E-state index contributed by atoms with van der Waals surface area (Å²) in [6, 6.07) is 6.94. The smallest absolute Gasteiger partial charge is 0.255 e. The molecule has 2 N–H and O–H groups in total. The monoisotopic (exact) mass is 502 g/mol. The van der Waals surface area contributed by atoms with E-state index in [-0.39, 0.29) is 23.5 Å². The van der Waals surface area contributed by atoms with E-state index in [9.17, 15) is 14.4 Å². The second-order valence-electron chi connectivity index (χ2n) is 7.98. The first-order valence-corrected chi connectivity index (χ1v) is 12.2. The van der Waals surface area contributed by atoms with E-state index in [1.165, 1.54) is 23.6 Å². The van der Waals surface area contributed by atoms with Gasteiger partial charge >= 0.3 is 0 Å². The van der Waals surface area contributed by atoms with Crippen LogP contribution in [0, 0.1) is 13.8 Å². The van der Waals surface area contributed by atoms with Crippen LogP contribution in [0.15, 0.2) is 35.3 Å². The fraction of sp³-hybridized carbons (Fsp3) is 0.375. The molecule has 34 heavy (non-hydrogen) atoms. The first-order chi connectivity index (χ1) is 16.3. The van der Waals surface area contributed by atoms with Gasteiger partial charge in [-0.15, -0.1) is 0 Å². The van der Waals surface area contributed by atoms with E-state index in [1.54, 1.807) is 17.6 Å². The van der Waals surface area contributed by atoms with Gasteiger partial charge in [-0.25, -0.2) is 9.97 Å². The maximum Gasteiger partial charge on any atom is 0.255 e. The number of nitrogens with zero attached hydrogens (tertiary/aromatic N) is 3. The zero-order chi connectivity index (χ0) is 24.7. The van der Waals surface area contributed by atoms with Crippen molar-refractivity contribution in [2.75, 3.05) is 11.9 Å². The van der Waals surface area contributed by atoms with Gasteiger partial charge in [0.05, 0.1) is 11.1 Å². The third-order valence-corrected chi connectivity index (χ3v) is 6.73. The molecule has 0 bridgehead atoms. The zero-order valence-electron chi connectivity index (χ0n) is 19.1. The van der Waals surface area contributed by atoms with Gasteiger partial charge in [-0.05, 0) is 43.9 Å². The van der Waals surface area contributed by atoms with Crippen LogP contribution in [-0.4, -0.2) is 37.8 Å². The number of ketones is 2. The normalized spacial score (nSPS) is 10.9. The second-order valence-corrected chi connectivity index (χ2v) is 9.41. The maximum atomic E-state index is 12.7. The van der Waals surface area contributed by atoms with Gasteiger partial charge in [-0.3, -0.25) is 19.0 Å². The van der Waals surface area contributed by atoms with Crippen LogP contribution in [0.3, 0.4) is 0 Å². The lowest BCUT2D eigenvalue weighted by atomic mass is 10.0. The van der Waals surface area contributed by atoms with Crippen LogP contribution in [0.5, 0.6) is 0 Å². The van der Waals surface area contributed by atoms with Crippen molar-refractivity contribution in [3.63, 3.8) is 0 Å². The number of aliphatic hydroxyl groups is 1. The number of Topliss-reactive ketones (excluding diaryl/α,β-unsaturated/α-hetero) is 2. The fourth-order valence-electron chi connectivity index (χ4n) is 3.51. The van der Waals surface area contributed by atoms with E-state index in [2.05, 4.69) is 15.3 Å². The molecule has 0 radical (unpaired) electrons. The van der Waals surface area contributed by atoms with Crippen LogP contribution in [-0.2, 0) is 17.8 Å². The van der Waals surface area contributed by atoms with E-state index in [0.717, 1.165) is 24.0 Å². The molecule has 0 unspecified atom stereocenters. The molecular formula is C24H27ClN4O4S. The number of rotatable bonds is 12. The molecule has 180 valence electrons. The van der Waals surface area contributed by atoms with Crippen LogP contribution in [0.25, 0.3) is 0 Å². The van der Waals surface area contributed by atoms with Crippen LogP contribution >= 0.6 is 22.9 Å². The molecular weight excluding hydrogens is 476 g/mol. The zero-order valence-corrected chi connectivity index (χ0v) is 20.7. The van der Waals surface area contributed by atoms with Crippen molar-refractivity contribution in [2.24, 2.45) is 0 Å². The number of aryl methyl sites for hydroxylation is 2. The van der Waals surface area contributed by atoms with Gasteiger partial charge in [0.15, 0.2) is 16.7 Å². The largest absolute Gasteiger partial charge is 0.389 e. The van der Waals surface area contributed by atoms with E-state index < -0.39 is 6.61 Å². The number of carbonyl (C=O) groups is 2. The first-order valence-electron chi connectivity index (χ1n) is 11.0. The summed E-state index contributed by atoms with van der Waals surface area (Å²) in [5, 5.41) is 12.8. The molecule has 0 aliphatic heterocycles. The Hall–Kier alpha value is -2.88. The summed E-state index contributed by atoms with van der Waals surface area (Å²) in [5.41, 5.74) is 1.57. The number of nitrogens with one attached hydrogen (secondary N) is 1. The number of thiazole rings is 1. The van der Waals surface area contributed by atoms with Crippen molar-refractivity contribution in [3.05, 3.63) is 67.7 Å². The predicted molar refractivity (Wildman–Crippen MR) is 133 cm³/mol. The van der Waals surface area contributed by atoms with Gasteiger partial charge < -0.3 is 10.4 Å². The molecule has 10 heteroatoms. The van der Waals surface area contributed by atoms with Crippen molar-refractivity contribution in [1.82, 2.24) is 14.5 Å². The van der Waals surface area contributed by atoms with E-state index >= 15 is 0 Å². The van der Waals surface area contributed by atoms with Gasteiger partial charge in [-0.1, -0.05) is 41.5 Å². The highest BCUT2D eigenvalue weighted by atomic mass is 35.5. The molecule has 3 aromatic rings. The minimum absolute atomic E-state index is 0.0815. The van der Waals surface area contributed by atoms with Crippen molar-refractivity contribution >= 4 is 45.5 Å². The number of aromatic nitrogens is 3. The highest BCUT2D eigenvalue weighted by Crippen LogP contribution is 2.25. The summed E-state index contributed by atoms with van der Waals surface area (Å²) in [6.07, 6.45) is 4.24. The molecule has 3 rings (SSSR count). The van der Waals surface area contributed by atoms with Gasteiger partial charge in [0.25, 0.3) is 5.56 Å². The minimum Gasteiger partial charge on any atom is -0.389 e. The SMILES string of the molecule is Cc1cccc(Cl)c1CC(=O)c1cnc(Nc2cc(=O)n(CCCCCC(=O)CO)c(C)n2)s1. The van der Waals surface area contributed by atoms with Crippen LogP contribution in [0.1, 0.15) is 52.3 Å². The molecule has 1 aromatic carbocycles. The third-order valence-electron chi connectivity index (χ3n) is 5.42. The lowest BCUT2D eigenvalue weighted by molar-refractivity contribution is -0.121. The predicted octanol–water partition coefficient (Wildman–Crippen LogP) is 4.26. The van der Waals surface area contributed by atoms with E-state index in [4.69, 9.17) is 16.7 Å². The first kappa shape index (κ1) is 25.7. The average Bonchev–Trinajstić information content (AvgIpc) is 3.26. The number of anilines is 2. The Morgan fingerprint density at radius 2 is 2.00 bits per heavy atom. The number of hydrogen-bond acceptors (Lipinski definition) is 8. The number of unbranched alkanes of at least 4 members (excludes halogenated alkanes) is 2. The highest BCUT2D eigenvalue weighted by molar-refractivity contribution is 7.17. The summed E-state index contributed by atoms with van der Waals surface area (Å²) in [4.78, 5) is 45.6. The molecule has 0 saturated carbocycles. The Morgan fingerprint density at radius 1 is 1.21 bits per heavy atom. The standard InChI is InChI=1S/C24H27ClN4O4S/c1-15-7-6-9-19(25)18(15)11-20(32)21-13-26-24(34-21)28-22-12-23(33)29(16(2)27-22)10-5-3-4-8-17(31)14-30/h6-7,9,12-13,30H,3-5,8,10-11,14H2,1-2H3,(H,26,28). The molecule has 0 spiro atoms. The van der Waals surface area contributed by atoms with Gasteiger partial charge in [0.1, 0.15) is 18.2 Å². The number of halogens is 1. The second kappa shape index (κ2) is 12.0. The Balaban J connectivity index is 1.60. The molecule has 2 heterocycles. The molecule has 0 saturated heterocycles. The molecule has 8 nitrogen and oxygen atoms in total. The van der Waals surface area contributed by atoms with Crippen molar-refractivity contribution in [3.8, 4) is 0 Å². The maximum absolute atomic E-state index is 12.7. The fourth-order valence-corrected chi connectivity index (χ4v) is 4.56. The van der Waals surface area contributed by atoms with Crippen LogP contribution < -0.4 is 10.9 Å².